The van der Waals surface area contributed by atoms with Crippen LogP contribution in [0.5, 0.6) is 0 Å². The lowest BCUT2D eigenvalue weighted by Gasteiger charge is -2.12. The average molecular weight is 269 g/mol. The van der Waals surface area contributed by atoms with Gasteiger partial charge in [0.1, 0.15) is 5.54 Å². The van der Waals surface area contributed by atoms with E-state index in [-0.39, 0.29) is 0 Å². The fraction of sp³-hybridized carbons (Fsp3) is 0.545. The van der Waals surface area contributed by atoms with Gasteiger partial charge in [-0.2, -0.15) is 0 Å². The summed E-state index contributed by atoms with van der Waals surface area (Å²) in [4.78, 5) is 26.6. The Bertz CT molecular complexity index is 468. The Morgan fingerprint density at radius 1 is 1.56 bits per heavy atom. The van der Waals surface area contributed by atoms with Gasteiger partial charge in [0.05, 0.1) is 10.7 Å². The Hall–Kier alpha value is -1.63. The Labute approximate surface area is 108 Å². The maximum absolute atomic E-state index is 11.5. The standard InChI is InChI=1S/C11H15N3O3S/c1-7-13-8(6-18-7)2-5-12-10(17)14-11(3-4-11)9(15)16/h6H,2-5H2,1H3,(H,15,16)(H2,12,14,17). The van der Waals surface area contributed by atoms with Crippen molar-refractivity contribution in [2.24, 2.45) is 0 Å². The van der Waals surface area contributed by atoms with Gasteiger partial charge in [0, 0.05) is 18.3 Å². The first-order valence-electron chi connectivity index (χ1n) is 5.72. The molecule has 0 unspecified atom stereocenters. The maximum Gasteiger partial charge on any atom is 0.329 e. The van der Waals surface area contributed by atoms with Gasteiger partial charge in [-0.1, -0.05) is 0 Å². The third kappa shape index (κ3) is 2.98. The number of rotatable bonds is 5. The molecule has 18 heavy (non-hydrogen) atoms. The predicted octanol–water partition coefficient (Wildman–Crippen LogP) is 0.910. The topological polar surface area (TPSA) is 91.3 Å². The van der Waals surface area contributed by atoms with E-state index in [1.54, 1.807) is 11.3 Å². The number of nitrogens with zero attached hydrogens (tertiary/aromatic N) is 1. The average Bonchev–Trinajstić information content (AvgIpc) is 2.96. The first kappa shape index (κ1) is 12.8. The van der Waals surface area contributed by atoms with Gasteiger partial charge in [0.15, 0.2) is 0 Å². The van der Waals surface area contributed by atoms with Gasteiger partial charge >= 0.3 is 12.0 Å². The molecular weight excluding hydrogens is 254 g/mol. The third-order valence-corrected chi connectivity index (χ3v) is 3.67. The molecule has 0 aromatic carbocycles. The van der Waals surface area contributed by atoms with Crippen LogP contribution in [-0.2, 0) is 11.2 Å². The number of carboxylic acid groups (broad SMARTS) is 1. The van der Waals surface area contributed by atoms with Crippen molar-refractivity contribution in [1.29, 1.82) is 0 Å². The van der Waals surface area contributed by atoms with E-state index in [2.05, 4.69) is 15.6 Å². The quantitative estimate of drug-likeness (QED) is 0.741. The van der Waals surface area contributed by atoms with Crippen molar-refractivity contribution < 1.29 is 14.7 Å². The smallest absolute Gasteiger partial charge is 0.329 e. The van der Waals surface area contributed by atoms with Crippen molar-refractivity contribution >= 4 is 23.3 Å². The van der Waals surface area contributed by atoms with E-state index in [4.69, 9.17) is 5.11 Å². The van der Waals surface area contributed by atoms with Gasteiger partial charge in [0.2, 0.25) is 0 Å². The second-order valence-electron chi connectivity index (χ2n) is 4.38. The first-order chi connectivity index (χ1) is 8.52. The normalized spacial score (nSPS) is 16.1. The number of carboxylic acids is 1. The van der Waals surface area contributed by atoms with Crippen LogP contribution in [0.1, 0.15) is 23.5 Å². The van der Waals surface area contributed by atoms with Crippen LogP contribution in [0, 0.1) is 6.92 Å². The van der Waals surface area contributed by atoms with Crippen molar-refractivity contribution in [2.45, 2.75) is 31.7 Å². The Kier molecular flexibility index (Phi) is 3.51. The predicted molar refractivity (Wildman–Crippen MR) is 66.7 cm³/mol. The number of aromatic nitrogens is 1. The van der Waals surface area contributed by atoms with E-state index in [0.29, 0.717) is 25.8 Å². The summed E-state index contributed by atoms with van der Waals surface area (Å²) in [5.41, 5.74) is -0.0847. The van der Waals surface area contributed by atoms with E-state index in [1.165, 1.54) is 0 Å². The highest BCUT2D eigenvalue weighted by Crippen LogP contribution is 2.35. The molecule has 1 heterocycles. The van der Waals surface area contributed by atoms with Gasteiger partial charge < -0.3 is 15.7 Å². The molecule has 0 atom stereocenters. The highest BCUT2D eigenvalue weighted by Gasteiger charge is 2.51. The summed E-state index contributed by atoms with van der Waals surface area (Å²) in [6, 6.07) is -0.429. The lowest BCUT2D eigenvalue weighted by atomic mass is 10.3. The largest absolute Gasteiger partial charge is 0.480 e. The number of carbonyl (C=O) groups is 2. The van der Waals surface area contributed by atoms with Crippen LogP contribution in [0.15, 0.2) is 5.38 Å². The molecule has 98 valence electrons. The summed E-state index contributed by atoms with van der Waals surface area (Å²) in [6.45, 7) is 2.38. The summed E-state index contributed by atoms with van der Waals surface area (Å²) in [5, 5.41) is 17.0. The number of hydrogen-bond donors (Lipinski definition) is 3. The van der Waals surface area contributed by atoms with Gasteiger partial charge in [-0.15, -0.1) is 11.3 Å². The molecule has 2 amide bonds. The molecule has 1 saturated carbocycles. The number of carbonyl (C=O) groups excluding carboxylic acids is 1. The number of aryl methyl sites for hydroxylation is 1. The molecule has 0 radical (unpaired) electrons. The van der Waals surface area contributed by atoms with Gasteiger partial charge in [-0.25, -0.2) is 14.6 Å². The minimum atomic E-state index is -1.03. The Morgan fingerprint density at radius 3 is 2.78 bits per heavy atom. The molecule has 0 saturated heterocycles. The van der Waals surface area contributed by atoms with Crippen LogP contribution in [0.2, 0.25) is 0 Å². The van der Waals surface area contributed by atoms with Crippen LogP contribution in [0.3, 0.4) is 0 Å². The molecule has 1 aliphatic carbocycles. The van der Waals surface area contributed by atoms with Gasteiger partial charge in [0.25, 0.3) is 0 Å². The maximum atomic E-state index is 11.5. The highest BCUT2D eigenvalue weighted by molar-refractivity contribution is 7.09. The molecule has 1 aromatic heterocycles. The van der Waals surface area contributed by atoms with E-state index in [9.17, 15) is 9.59 Å². The second kappa shape index (κ2) is 4.93. The molecule has 1 aliphatic rings. The minimum Gasteiger partial charge on any atom is -0.480 e. The summed E-state index contributed by atoms with van der Waals surface area (Å²) in [6.07, 6.45) is 1.65. The summed E-state index contributed by atoms with van der Waals surface area (Å²) in [7, 11) is 0. The van der Waals surface area contributed by atoms with Crippen LogP contribution < -0.4 is 10.6 Å². The molecule has 6 nitrogen and oxygen atoms in total. The zero-order valence-corrected chi connectivity index (χ0v) is 10.8. The zero-order valence-electron chi connectivity index (χ0n) is 10.0. The van der Waals surface area contributed by atoms with E-state index in [0.717, 1.165) is 10.7 Å². The number of urea groups is 1. The van der Waals surface area contributed by atoms with Crippen LogP contribution in [0.4, 0.5) is 4.79 Å². The van der Waals surface area contributed by atoms with E-state index >= 15 is 0 Å². The van der Waals surface area contributed by atoms with E-state index in [1.807, 2.05) is 12.3 Å². The molecule has 2 rings (SSSR count). The number of nitrogens with one attached hydrogen (secondary N) is 2. The van der Waals surface area contributed by atoms with Crippen molar-refractivity contribution in [1.82, 2.24) is 15.6 Å². The molecule has 3 N–H and O–H groups in total. The number of thiazole rings is 1. The van der Waals surface area contributed by atoms with Crippen LogP contribution >= 0.6 is 11.3 Å². The summed E-state index contributed by atoms with van der Waals surface area (Å²) >= 11 is 1.57. The lowest BCUT2D eigenvalue weighted by molar-refractivity contribution is -0.140. The van der Waals surface area contributed by atoms with Crippen molar-refractivity contribution in [3.8, 4) is 0 Å². The van der Waals surface area contributed by atoms with Crippen molar-refractivity contribution in [3.63, 3.8) is 0 Å². The molecule has 0 aliphatic heterocycles. The Balaban J connectivity index is 1.71. The molecule has 1 aromatic rings. The lowest BCUT2D eigenvalue weighted by Crippen LogP contribution is -2.48. The van der Waals surface area contributed by atoms with Crippen molar-refractivity contribution in [2.75, 3.05) is 6.54 Å². The van der Waals surface area contributed by atoms with Gasteiger partial charge in [-0.3, -0.25) is 0 Å². The number of amides is 2. The molecule has 1 fully saturated rings. The summed E-state index contributed by atoms with van der Waals surface area (Å²) in [5.74, 6) is -0.965. The third-order valence-electron chi connectivity index (χ3n) is 2.85. The molecule has 7 heteroatoms. The number of hydrogen-bond acceptors (Lipinski definition) is 4. The fourth-order valence-electron chi connectivity index (χ4n) is 1.61. The monoisotopic (exact) mass is 269 g/mol. The van der Waals surface area contributed by atoms with Crippen LogP contribution in [-0.4, -0.2) is 34.2 Å². The molecule has 0 spiro atoms. The molecule has 0 bridgehead atoms. The minimum absolute atomic E-state index is 0.429. The fourth-order valence-corrected chi connectivity index (χ4v) is 2.25. The highest BCUT2D eigenvalue weighted by atomic mass is 32.1. The van der Waals surface area contributed by atoms with E-state index < -0.39 is 17.5 Å². The second-order valence-corrected chi connectivity index (χ2v) is 5.44. The van der Waals surface area contributed by atoms with Crippen LogP contribution in [0.25, 0.3) is 0 Å². The SMILES string of the molecule is Cc1nc(CCNC(=O)NC2(C(=O)O)CC2)cs1. The zero-order chi connectivity index (χ0) is 13.2. The summed E-state index contributed by atoms with van der Waals surface area (Å²) < 4.78 is 0. The van der Waals surface area contributed by atoms with Gasteiger partial charge in [-0.05, 0) is 19.8 Å². The Morgan fingerprint density at radius 2 is 2.28 bits per heavy atom. The van der Waals surface area contributed by atoms with Crippen molar-refractivity contribution in [3.05, 3.63) is 16.1 Å². The number of aliphatic carboxylic acids is 1. The molecular formula is C11H15N3O3S. The first-order valence-corrected chi connectivity index (χ1v) is 6.60.